The molecular weight excluding hydrogens is 618 g/mol. The molecule has 3 aromatic rings. The number of aliphatic imine (C=N–C) groups is 2. The standard InChI is InChI=1S/C30H38N3.2BrH.Fe/c1-19(2)25-11-9-12-26(20(3)4)29(25)31-17-23-15-16-24(33-23)18-32-30-27(21(5)6)13-10-14-28(30)22(7)8;;;/h9-22H,1-8H3;2*1H;/q-1;;;+3/p-2. The van der Waals surface area contributed by atoms with Gasteiger partial charge in [0.25, 0.3) is 0 Å². The molecule has 6 heteroatoms. The monoisotopic (exact) mass is 654 g/mol. The number of benzene rings is 2. The summed E-state index contributed by atoms with van der Waals surface area (Å²) in [5.41, 5.74) is 8.96. The van der Waals surface area contributed by atoms with Crippen LogP contribution < -0.4 is 4.98 Å². The zero-order valence-corrected chi connectivity index (χ0v) is 26.8. The minimum absolute atomic E-state index is 0.419. The van der Waals surface area contributed by atoms with Gasteiger partial charge in [0.15, 0.2) is 0 Å². The van der Waals surface area contributed by atoms with Gasteiger partial charge in [-0.2, -0.15) is 0 Å². The first kappa shape index (κ1) is 30.8. The van der Waals surface area contributed by atoms with Crippen LogP contribution in [0.2, 0.25) is 0 Å². The molecule has 1 aromatic heterocycles. The van der Waals surface area contributed by atoms with Crippen LogP contribution in [0.3, 0.4) is 0 Å². The molecule has 0 unspecified atom stereocenters. The van der Waals surface area contributed by atoms with Gasteiger partial charge in [-0.1, -0.05) is 104 Å². The normalized spacial score (nSPS) is 11.9. The van der Waals surface area contributed by atoms with E-state index in [9.17, 15) is 0 Å². The third-order valence-corrected chi connectivity index (χ3v) is 6.02. The predicted octanol–water partition coefficient (Wildman–Crippen LogP) is 10.3. The molecule has 195 valence electrons. The molecule has 36 heavy (non-hydrogen) atoms. The molecule has 1 heterocycles. The Morgan fingerprint density at radius 3 is 1.11 bits per heavy atom. The van der Waals surface area contributed by atoms with Crippen molar-refractivity contribution in [3.63, 3.8) is 0 Å². The van der Waals surface area contributed by atoms with Crippen molar-refractivity contribution >= 4 is 52.0 Å². The summed E-state index contributed by atoms with van der Waals surface area (Å²) < 4.78 is 0. The number of halogens is 2. The van der Waals surface area contributed by atoms with E-state index >= 15 is 0 Å². The third-order valence-electron chi connectivity index (χ3n) is 6.02. The van der Waals surface area contributed by atoms with Gasteiger partial charge in [0.2, 0.25) is 0 Å². The fraction of sp³-hybridized carbons (Fsp3) is 0.400. The van der Waals surface area contributed by atoms with Crippen LogP contribution >= 0.6 is 28.2 Å². The van der Waals surface area contributed by atoms with E-state index in [1.165, 1.54) is 22.3 Å². The first-order valence-corrected chi connectivity index (χ1v) is 17.9. The fourth-order valence-electron chi connectivity index (χ4n) is 4.12. The van der Waals surface area contributed by atoms with Gasteiger partial charge in [-0.05, 0) is 45.9 Å². The van der Waals surface area contributed by atoms with Crippen molar-refractivity contribution in [1.29, 1.82) is 0 Å². The van der Waals surface area contributed by atoms with Crippen LogP contribution in [0.4, 0.5) is 11.4 Å². The zero-order valence-electron chi connectivity index (χ0n) is 22.5. The molecule has 0 aliphatic carbocycles. The molecule has 0 aliphatic rings. The molecule has 0 spiro atoms. The van der Waals surface area contributed by atoms with E-state index in [4.69, 9.17) is 15.0 Å². The van der Waals surface area contributed by atoms with Crippen LogP contribution in [0.1, 0.15) is 113 Å². The van der Waals surface area contributed by atoms with Crippen LogP contribution in [-0.2, 0) is 11.3 Å². The van der Waals surface area contributed by atoms with Gasteiger partial charge in [0, 0.05) is 12.4 Å². The second kappa shape index (κ2) is 15.1. The Kier molecular flexibility index (Phi) is 12.9. The van der Waals surface area contributed by atoms with Gasteiger partial charge in [-0.3, -0.25) is 9.98 Å². The Bertz CT molecular complexity index is 1020. The summed E-state index contributed by atoms with van der Waals surface area (Å²) in [4.78, 5) is 14.5. The summed E-state index contributed by atoms with van der Waals surface area (Å²) in [6.45, 7) is 17.7. The van der Waals surface area contributed by atoms with Crippen molar-refractivity contribution in [3.8, 4) is 0 Å². The summed E-state index contributed by atoms with van der Waals surface area (Å²) in [5.74, 6) is 1.68. The summed E-state index contributed by atoms with van der Waals surface area (Å²) in [6, 6.07) is 17.0. The first-order valence-electron chi connectivity index (χ1n) is 12.4. The molecule has 0 bridgehead atoms. The first-order chi connectivity index (χ1) is 17.1. The van der Waals surface area contributed by atoms with E-state index in [0.717, 1.165) is 34.1 Å². The fourth-order valence-corrected chi connectivity index (χ4v) is 4.12. The topological polar surface area (TPSA) is 38.8 Å². The van der Waals surface area contributed by atoms with E-state index in [0.29, 0.717) is 23.7 Å². The number of para-hydroxylation sites is 2. The SMILES string of the molecule is CC(C)c1cccc(C(C)C)c1N=Cc1ccc(C=Nc2c(C(C)C)cccc2C(C)C)[n-]1.[Br][Fe+][Br]. The Hall–Kier alpha value is -1.46. The summed E-state index contributed by atoms with van der Waals surface area (Å²) >= 11 is 7.00. The number of nitrogens with zero attached hydrogens (tertiary/aromatic N) is 3. The van der Waals surface area contributed by atoms with Gasteiger partial charge >= 0.3 is 39.6 Å². The van der Waals surface area contributed by atoms with Gasteiger partial charge in [-0.25, -0.2) is 0 Å². The summed E-state index contributed by atoms with van der Waals surface area (Å²) in [5, 5.41) is 0. The van der Waals surface area contributed by atoms with Crippen molar-refractivity contribution in [1.82, 2.24) is 4.98 Å². The molecule has 0 amide bonds. The number of hydrogen-bond acceptors (Lipinski definition) is 2. The van der Waals surface area contributed by atoms with E-state index in [1.54, 1.807) is 0 Å². The second-order valence-corrected chi connectivity index (χ2v) is 15.6. The maximum absolute atomic E-state index is 4.89. The predicted molar refractivity (Wildman–Crippen MR) is 161 cm³/mol. The molecule has 0 aliphatic heterocycles. The van der Waals surface area contributed by atoms with Crippen LogP contribution in [0.5, 0.6) is 0 Å². The quantitative estimate of drug-likeness (QED) is 0.176. The molecule has 0 atom stereocenters. The second-order valence-electron chi connectivity index (χ2n) is 10.1. The summed E-state index contributed by atoms with van der Waals surface area (Å²) in [7, 11) is 0. The Morgan fingerprint density at radius 2 is 0.861 bits per heavy atom. The van der Waals surface area contributed by atoms with Crippen LogP contribution in [0.15, 0.2) is 58.5 Å². The Balaban J connectivity index is 0.00000145. The van der Waals surface area contributed by atoms with Gasteiger partial charge in [-0.15, -0.1) is 11.4 Å². The van der Waals surface area contributed by atoms with Gasteiger partial charge in [0.05, 0.1) is 11.4 Å². The van der Waals surface area contributed by atoms with Crippen LogP contribution in [0, 0.1) is 0 Å². The number of rotatable bonds is 8. The number of hydrogen-bond donors (Lipinski definition) is 0. The molecule has 0 fully saturated rings. The molecule has 0 radical (unpaired) electrons. The van der Waals surface area contributed by atoms with Crippen molar-refractivity contribution < 1.29 is 11.3 Å². The molecule has 2 aromatic carbocycles. The minimum atomic E-state index is 0.419. The Labute approximate surface area is 238 Å². The van der Waals surface area contributed by atoms with Crippen LogP contribution in [-0.4, -0.2) is 12.4 Å². The average Bonchev–Trinajstić information content (AvgIpc) is 3.28. The van der Waals surface area contributed by atoms with E-state index in [1.807, 2.05) is 24.6 Å². The van der Waals surface area contributed by atoms with Gasteiger partial charge < -0.3 is 4.98 Å². The van der Waals surface area contributed by atoms with Crippen molar-refractivity contribution in [3.05, 3.63) is 82.2 Å². The van der Waals surface area contributed by atoms with Crippen molar-refractivity contribution in [2.45, 2.75) is 79.1 Å². The van der Waals surface area contributed by atoms with E-state index < -0.39 is 0 Å². The van der Waals surface area contributed by atoms with E-state index in [2.05, 4.69) is 120 Å². The van der Waals surface area contributed by atoms with Crippen molar-refractivity contribution in [2.75, 3.05) is 0 Å². The van der Waals surface area contributed by atoms with Crippen LogP contribution in [0.25, 0.3) is 0 Å². The molecule has 0 saturated heterocycles. The molecule has 3 rings (SSSR count). The molecule has 0 N–H and O–H groups in total. The molecule has 0 saturated carbocycles. The summed E-state index contributed by atoms with van der Waals surface area (Å²) in [6.07, 6.45) is 3.76. The number of aromatic nitrogens is 1. The van der Waals surface area contributed by atoms with Gasteiger partial charge in [0.1, 0.15) is 0 Å². The molecule has 3 nitrogen and oxygen atoms in total. The van der Waals surface area contributed by atoms with E-state index in [-0.39, 0.29) is 0 Å². The van der Waals surface area contributed by atoms with Crippen molar-refractivity contribution in [2.24, 2.45) is 9.98 Å². The zero-order chi connectivity index (χ0) is 26.8. The average molecular weight is 656 g/mol. The Morgan fingerprint density at radius 1 is 0.583 bits per heavy atom. The molecular formula is C30H38Br2FeN3. The maximum atomic E-state index is 4.89. The third kappa shape index (κ3) is 8.55.